The van der Waals surface area contributed by atoms with E-state index in [1.165, 1.54) is 26.4 Å². The molecule has 0 saturated carbocycles. The SMILES string of the molecule is COc1ccc(NC(=O)C(=O)Nc2ccc(N)c(Cl)c2)cc1OC. The van der Waals surface area contributed by atoms with Gasteiger partial charge in [0.15, 0.2) is 11.5 Å². The Morgan fingerprint density at radius 2 is 1.46 bits per heavy atom. The van der Waals surface area contributed by atoms with Crippen molar-refractivity contribution >= 4 is 40.5 Å². The summed E-state index contributed by atoms with van der Waals surface area (Å²) in [5.74, 6) is -0.738. The zero-order valence-corrected chi connectivity index (χ0v) is 13.8. The topological polar surface area (TPSA) is 103 Å². The van der Waals surface area contributed by atoms with Crippen molar-refractivity contribution in [3.05, 3.63) is 41.4 Å². The fourth-order valence-corrected chi connectivity index (χ4v) is 2.08. The molecule has 0 unspecified atom stereocenters. The molecule has 0 radical (unpaired) electrons. The summed E-state index contributed by atoms with van der Waals surface area (Å²) >= 11 is 5.87. The summed E-state index contributed by atoms with van der Waals surface area (Å²) in [6.45, 7) is 0. The fourth-order valence-electron chi connectivity index (χ4n) is 1.89. The van der Waals surface area contributed by atoms with Gasteiger partial charge in [-0.1, -0.05) is 11.6 Å². The summed E-state index contributed by atoms with van der Waals surface area (Å²) in [6, 6.07) is 9.29. The highest BCUT2D eigenvalue weighted by Gasteiger charge is 2.15. The molecule has 0 aliphatic rings. The Morgan fingerprint density at radius 1 is 0.917 bits per heavy atom. The van der Waals surface area contributed by atoms with Crippen molar-refractivity contribution in [2.45, 2.75) is 0 Å². The summed E-state index contributed by atoms with van der Waals surface area (Å²) in [7, 11) is 2.97. The minimum Gasteiger partial charge on any atom is -0.493 e. The number of carbonyl (C=O) groups excluding carboxylic acids is 2. The van der Waals surface area contributed by atoms with Gasteiger partial charge in [-0.2, -0.15) is 0 Å². The van der Waals surface area contributed by atoms with E-state index in [0.717, 1.165) is 0 Å². The molecule has 0 heterocycles. The van der Waals surface area contributed by atoms with E-state index in [-0.39, 0.29) is 5.02 Å². The molecule has 0 bridgehead atoms. The molecule has 2 rings (SSSR count). The number of nitrogen functional groups attached to an aromatic ring is 1. The summed E-state index contributed by atoms with van der Waals surface area (Å²) in [6.07, 6.45) is 0. The van der Waals surface area contributed by atoms with E-state index in [2.05, 4.69) is 10.6 Å². The molecular formula is C16H16ClN3O4. The number of rotatable bonds is 4. The summed E-state index contributed by atoms with van der Waals surface area (Å²) in [4.78, 5) is 23.9. The Morgan fingerprint density at radius 3 is 2.00 bits per heavy atom. The summed E-state index contributed by atoms with van der Waals surface area (Å²) in [5, 5.41) is 5.19. The molecular weight excluding hydrogens is 334 g/mol. The van der Waals surface area contributed by atoms with Crippen molar-refractivity contribution in [1.82, 2.24) is 0 Å². The number of methoxy groups -OCH3 is 2. The summed E-state index contributed by atoms with van der Waals surface area (Å²) < 4.78 is 10.2. The molecule has 2 amide bonds. The van der Waals surface area contributed by atoms with Crippen LogP contribution < -0.4 is 25.8 Å². The lowest BCUT2D eigenvalue weighted by Gasteiger charge is -2.11. The van der Waals surface area contributed by atoms with Gasteiger partial charge in [0.2, 0.25) is 0 Å². The first-order valence-corrected chi connectivity index (χ1v) is 7.21. The number of nitrogens with two attached hydrogens (primary N) is 1. The Bertz CT molecular complexity index is 780. The van der Waals surface area contributed by atoms with Gasteiger partial charge in [0.1, 0.15) is 0 Å². The van der Waals surface area contributed by atoms with Gasteiger partial charge in [0.05, 0.1) is 24.9 Å². The first kappa shape index (κ1) is 17.4. The molecule has 4 N–H and O–H groups in total. The maximum Gasteiger partial charge on any atom is 0.314 e. The molecule has 0 aliphatic carbocycles. The second-order valence-electron chi connectivity index (χ2n) is 4.71. The quantitative estimate of drug-likeness (QED) is 0.581. The number of halogens is 1. The maximum atomic E-state index is 12.0. The minimum atomic E-state index is -0.842. The minimum absolute atomic E-state index is 0.285. The second kappa shape index (κ2) is 7.56. The number of hydrogen-bond acceptors (Lipinski definition) is 5. The molecule has 7 nitrogen and oxygen atoms in total. The monoisotopic (exact) mass is 349 g/mol. The highest BCUT2D eigenvalue weighted by Crippen LogP contribution is 2.29. The number of anilines is 3. The van der Waals surface area contributed by atoms with E-state index >= 15 is 0 Å². The van der Waals surface area contributed by atoms with Crippen LogP contribution in [0.25, 0.3) is 0 Å². The lowest BCUT2D eigenvalue weighted by molar-refractivity contribution is -0.132. The maximum absolute atomic E-state index is 12.0. The number of ether oxygens (including phenoxy) is 2. The van der Waals surface area contributed by atoms with Crippen LogP contribution in [0, 0.1) is 0 Å². The third-order valence-corrected chi connectivity index (χ3v) is 3.43. The highest BCUT2D eigenvalue weighted by atomic mass is 35.5. The number of carbonyl (C=O) groups is 2. The number of nitrogens with one attached hydrogen (secondary N) is 2. The molecule has 126 valence electrons. The van der Waals surface area contributed by atoms with Crippen LogP contribution in [0.15, 0.2) is 36.4 Å². The van der Waals surface area contributed by atoms with Crippen molar-refractivity contribution < 1.29 is 19.1 Å². The number of hydrogen-bond donors (Lipinski definition) is 3. The predicted molar refractivity (Wildman–Crippen MR) is 92.7 cm³/mol. The van der Waals surface area contributed by atoms with Crippen LogP contribution in [0.3, 0.4) is 0 Å². The summed E-state index contributed by atoms with van der Waals surface area (Å²) in [5.41, 5.74) is 6.72. The van der Waals surface area contributed by atoms with E-state index in [1.54, 1.807) is 24.3 Å². The van der Waals surface area contributed by atoms with Crippen LogP contribution in [0.1, 0.15) is 0 Å². The van der Waals surface area contributed by atoms with Crippen LogP contribution in [0.4, 0.5) is 17.1 Å². The molecule has 2 aromatic rings. The van der Waals surface area contributed by atoms with Crippen molar-refractivity contribution in [1.29, 1.82) is 0 Å². The van der Waals surface area contributed by atoms with E-state index < -0.39 is 11.8 Å². The predicted octanol–water partition coefficient (Wildman–Crippen LogP) is 2.52. The van der Waals surface area contributed by atoms with Crippen LogP contribution >= 0.6 is 11.6 Å². The average Bonchev–Trinajstić information content (AvgIpc) is 2.57. The average molecular weight is 350 g/mol. The Kier molecular flexibility index (Phi) is 5.49. The van der Waals surface area contributed by atoms with Crippen LogP contribution in [0.2, 0.25) is 5.02 Å². The van der Waals surface area contributed by atoms with Gasteiger partial charge < -0.3 is 25.8 Å². The van der Waals surface area contributed by atoms with E-state index in [4.69, 9.17) is 26.8 Å². The molecule has 0 saturated heterocycles. The van der Waals surface area contributed by atoms with Gasteiger partial charge >= 0.3 is 11.8 Å². The van der Waals surface area contributed by atoms with Gasteiger partial charge in [0.25, 0.3) is 0 Å². The van der Waals surface area contributed by atoms with Crippen molar-refractivity contribution in [3.63, 3.8) is 0 Å². The molecule has 0 aliphatic heterocycles. The third kappa shape index (κ3) is 4.08. The van der Waals surface area contributed by atoms with Gasteiger partial charge in [-0.15, -0.1) is 0 Å². The Balaban J connectivity index is 2.06. The zero-order chi connectivity index (χ0) is 17.7. The Hall–Kier alpha value is -2.93. The number of benzene rings is 2. The van der Waals surface area contributed by atoms with Crippen molar-refractivity contribution in [2.75, 3.05) is 30.6 Å². The second-order valence-corrected chi connectivity index (χ2v) is 5.12. The van der Waals surface area contributed by atoms with Crippen molar-refractivity contribution in [2.24, 2.45) is 0 Å². The van der Waals surface area contributed by atoms with Gasteiger partial charge in [-0.25, -0.2) is 0 Å². The smallest absolute Gasteiger partial charge is 0.314 e. The van der Waals surface area contributed by atoms with E-state index in [9.17, 15) is 9.59 Å². The molecule has 0 fully saturated rings. The lowest BCUT2D eigenvalue weighted by atomic mass is 10.2. The van der Waals surface area contributed by atoms with Gasteiger partial charge in [-0.05, 0) is 30.3 Å². The fraction of sp³-hybridized carbons (Fsp3) is 0.125. The van der Waals surface area contributed by atoms with Crippen LogP contribution in [-0.4, -0.2) is 26.0 Å². The normalized spacial score (nSPS) is 9.96. The molecule has 24 heavy (non-hydrogen) atoms. The lowest BCUT2D eigenvalue weighted by Crippen LogP contribution is -2.29. The molecule has 0 aromatic heterocycles. The van der Waals surface area contributed by atoms with E-state index in [1.807, 2.05) is 0 Å². The molecule has 2 aromatic carbocycles. The molecule has 0 spiro atoms. The molecule has 8 heteroatoms. The first-order valence-electron chi connectivity index (χ1n) is 6.84. The largest absolute Gasteiger partial charge is 0.493 e. The van der Waals surface area contributed by atoms with Crippen molar-refractivity contribution in [3.8, 4) is 11.5 Å². The number of amides is 2. The van der Waals surface area contributed by atoms with Gasteiger partial charge in [0, 0.05) is 17.4 Å². The third-order valence-electron chi connectivity index (χ3n) is 3.11. The van der Waals surface area contributed by atoms with Gasteiger partial charge in [-0.3, -0.25) is 9.59 Å². The van der Waals surface area contributed by atoms with Crippen LogP contribution in [0.5, 0.6) is 11.5 Å². The highest BCUT2D eigenvalue weighted by molar-refractivity contribution is 6.43. The molecule has 0 atom stereocenters. The first-order chi connectivity index (χ1) is 11.4. The van der Waals surface area contributed by atoms with E-state index in [0.29, 0.717) is 28.6 Å². The Labute approximate surface area is 143 Å². The standard InChI is InChI=1S/C16H16ClN3O4/c1-23-13-6-4-10(8-14(13)24-2)20-16(22)15(21)19-9-3-5-12(18)11(17)7-9/h3-8H,18H2,1-2H3,(H,19,21)(H,20,22). The van der Waals surface area contributed by atoms with Crippen LogP contribution in [-0.2, 0) is 9.59 Å². The zero-order valence-electron chi connectivity index (χ0n) is 13.1.